The van der Waals surface area contributed by atoms with Crippen molar-refractivity contribution in [3.8, 4) is 5.75 Å². The van der Waals surface area contributed by atoms with E-state index in [1.807, 2.05) is 0 Å². The van der Waals surface area contributed by atoms with Crippen LogP contribution in [0, 0.1) is 0 Å². The van der Waals surface area contributed by atoms with E-state index in [9.17, 15) is 9.90 Å². The summed E-state index contributed by atoms with van der Waals surface area (Å²) in [6.45, 7) is 0. The SMILES string of the molecule is O=C(O)c1sccc1OC1CCCCC1O. The summed E-state index contributed by atoms with van der Waals surface area (Å²) in [4.78, 5) is 11.1. The zero-order chi connectivity index (χ0) is 11.5. The quantitative estimate of drug-likeness (QED) is 0.852. The van der Waals surface area contributed by atoms with Crippen LogP contribution in [0.1, 0.15) is 35.4 Å². The topological polar surface area (TPSA) is 66.8 Å². The van der Waals surface area contributed by atoms with Gasteiger partial charge in [0.05, 0.1) is 6.10 Å². The molecule has 5 heteroatoms. The van der Waals surface area contributed by atoms with Gasteiger partial charge in [-0.15, -0.1) is 11.3 Å². The molecule has 16 heavy (non-hydrogen) atoms. The minimum Gasteiger partial charge on any atom is -0.486 e. The van der Waals surface area contributed by atoms with E-state index in [-0.39, 0.29) is 11.0 Å². The first-order chi connectivity index (χ1) is 7.68. The Morgan fingerprint density at radius 2 is 2.19 bits per heavy atom. The molecule has 1 aliphatic carbocycles. The van der Waals surface area contributed by atoms with Gasteiger partial charge in [0.2, 0.25) is 0 Å². The van der Waals surface area contributed by atoms with Crippen LogP contribution in [-0.2, 0) is 0 Å². The Morgan fingerprint density at radius 3 is 2.88 bits per heavy atom. The number of aliphatic hydroxyl groups excluding tert-OH is 1. The van der Waals surface area contributed by atoms with Crippen molar-refractivity contribution in [1.29, 1.82) is 0 Å². The van der Waals surface area contributed by atoms with Crippen molar-refractivity contribution in [2.75, 3.05) is 0 Å². The van der Waals surface area contributed by atoms with Crippen molar-refractivity contribution < 1.29 is 19.7 Å². The highest BCUT2D eigenvalue weighted by Gasteiger charge is 2.26. The van der Waals surface area contributed by atoms with E-state index < -0.39 is 12.1 Å². The Morgan fingerprint density at radius 1 is 1.44 bits per heavy atom. The lowest BCUT2D eigenvalue weighted by Gasteiger charge is -2.27. The molecule has 2 atom stereocenters. The third-order valence-electron chi connectivity index (χ3n) is 2.77. The van der Waals surface area contributed by atoms with Crippen LogP contribution in [-0.4, -0.2) is 28.4 Å². The molecule has 0 radical (unpaired) electrons. The van der Waals surface area contributed by atoms with Crippen LogP contribution in [0.5, 0.6) is 5.75 Å². The Labute approximate surface area is 97.5 Å². The average Bonchev–Trinajstić information content (AvgIpc) is 2.69. The highest BCUT2D eigenvalue weighted by atomic mass is 32.1. The molecule has 1 heterocycles. The van der Waals surface area contributed by atoms with Crippen LogP contribution >= 0.6 is 11.3 Å². The standard InChI is InChI=1S/C11H14O4S/c12-7-3-1-2-4-8(7)15-9-5-6-16-10(9)11(13)14/h5-8,12H,1-4H2,(H,13,14). The summed E-state index contributed by atoms with van der Waals surface area (Å²) in [6.07, 6.45) is 2.81. The minimum atomic E-state index is -0.977. The minimum absolute atomic E-state index is 0.206. The fraction of sp³-hybridized carbons (Fsp3) is 0.545. The van der Waals surface area contributed by atoms with Crippen molar-refractivity contribution in [2.24, 2.45) is 0 Å². The largest absolute Gasteiger partial charge is 0.486 e. The van der Waals surface area contributed by atoms with Gasteiger partial charge in [-0.3, -0.25) is 0 Å². The molecule has 0 bridgehead atoms. The first kappa shape index (κ1) is 11.4. The summed E-state index contributed by atoms with van der Waals surface area (Å²) >= 11 is 1.14. The fourth-order valence-corrected chi connectivity index (χ4v) is 2.58. The van der Waals surface area contributed by atoms with E-state index in [1.54, 1.807) is 11.4 Å². The number of thiophene rings is 1. The molecular formula is C11H14O4S. The van der Waals surface area contributed by atoms with E-state index in [0.717, 1.165) is 37.0 Å². The molecule has 1 aliphatic rings. The Balaban J connectivity index is 2.07. The van der Waals surface area contributed by atoms with Crippen molar-refractivity contribution in [3.05, 3.63) is 16.3 Å². The third-order valence-corrected chi connectivity index (χ3v) is 3.65. The highest BCUT2D eigenvalue weighted by Crippen LogP contribution is 2.29. The number of aliphatic hydroxyl groups is 1. The van der Waals surface area contributed by atoms with Crippen molar-refractivity contribution >= 4 is 17.3 Å². The van der Waals surface area contributed by atoms with E-state index in [1.165, 1.54) is 0 Å². The molecule has 0 aliphatic heterocycles. The van der Waals surface area contributed by atoms with Crippen LogP contribution in [0.3, 0.4) is 0 Å². The zero-order valence-electron chi connectivity index (χ0n) is 8.76. The molecule has 0 spiro atoms. The van der Waals surface area contributed by atoms with Crippen LogP contribution in [0.15, 0.2) is 11.4 Å². The van der Waals surface area contributed by atoms with Gasteiger partial charge in [-0.2, -0.15) is 0 Å². The van der Waals surface area contributed by atoms with Gasteiger partial charge < -0.3 is 14.9 Å². The van der Waals surface area contributed by atoms with Gasteiger partial charge in [0.15, 0.2) is 4.88 Å². The number of aromatic carboxylic acids is 1. The second kappa shape index (κ2) is 4.84. The van der Waals surface area contributed by atoms with Gasteiger partial charge in [0.25, 0.3) is 0 Å². The summed E-state index contributed by atoms with van der Waals surface area (Å²) < 4.78 is 5.58. The zero-order valence-corrected chi connectivity index (χ0v) is 9.57. The highest BCUT2D eigenvalue weighted by molar-refractivity contribution is 7.12. The van der Waals surface area contributed by atoms with Crippen LogP contribution in [0.4, 0.5) is 0 Å². The second-order valence-corrected chi connectivity index (χ2v) is 4.84. The number of rotatable bonds is 3. The van der Waals surface area contributed by atoms with Gasteiger partial charge in [-0.1, -0.05) is 6.42 Å². The lowest BCUT2D eigenvalue weighted by molar-refractivity contribution is 0.00637. The molecule has 2 unspecified atom stereocenters. The number of carboxylic acid groups (broad SMARTS) is 1. The van der Waals surface area contributed by atoms with Crippen LogP contribution in [0.2, 0.25) is 0 Å². The Hall–Kier alpha value is -1.07. The van der Waals surface area contributed by atoms with E-state index in [2.05, 4.69) is 0 Å². The molecule has 1 saturated carbocycles. The maximum absolute atomic E-state index is 10.9. The van der Waals surface area contributed by atoms with Gasteiger partial charge in [-0.05, 0) is 30.7 Å². The molecule has 0 aromatic carbocycles. The van der Waals surface area contributed by atoms with E-state index >= 15 is 0 Å². The van der Waals surface area contributed by atoms with E-state index in [4.69, 9.17) is 9.84 Å². The maximum atomic E-state index is 10.9. The lowest BCUT2D eigenvalue weighted by Crippen LogP contribution is -2.34. The number of hydrogen-bond donors (Lipinski definition) is 2. The predicted octanol–water partition coefficient (Wildman–Crippen LogP) is 2.13. The summed E-state index contributed by atoms with van der Waals surface area (Å²) in [5.74, 6) is -0.598. The monoisotopic (exact) mass is 242 g/mol. The lowest BCUT2D eigenvalue weighted by atomic mass is 9.95. The van der Waals surface area contributed by atoms with Crippen molar-refractivity contribution in [2.45, 2.75) is 37.9 Å². The molecule has 2 N–H and O–H groups in total. The third kappa shape index (κ3) is 2.36. The van der Waals surface area contributed by atoms with Crippen molar-refractivity contribution in [1.82, 2.24) is 0 Å². The Kier molecular flexibility index (Phi) is 3.46. The number of carboxylic acids is 1. The second-order valence-electron chi connectivity index (χ2n) is 3.93. The number of ether oxygens (including phenoxy) is 1. The fourth-order valence-electron chi connectivity index (χ4n) is 1.92. The summed E-state index contributed by atoms with van der Waals surface area (Å²) in [6, 6.07) is 1.65. The first-order valence-electron chi connectivity index (χ1n) is 5.34. The molecule has 1 aromatic rings. The summed E-state index contributed by atoms with van der Waals surface area (Å²) in [5.41, 5.74) is 0. The molecule has 88 valence electrons. The molecule has 1 aromatic heterocycles. The summed E-state index contributed by atoms with van der Waals surface area (Å²) in [5, 5.41) is 20.3. The van der Waals surface area contributed by atoms with Crippen molar-refractivity contribution in [3.63, 3.8) is 0 Å². The molecule has 1 fully saturated rings. The van der Waals surface area contributed by atoms with Crippen LogP contribution < -0.4 is 4.74 Å². The molecule has 4 nitrogen and oxygen atoms in total. The van der Waals surface area contributed by atoms with Gasteiger partial charge in [0.1, 0.15) is 11.9 Å². The molecule has 0 amide bonds. The average molecular weight is 242 g/mol. The van der Waals surface area contributed by atoms with Gasteiger partial charge in [-0.25, -0.2) is 4.79 Å². The summed E-state index contributed by atoms with van der Waals surface area (Å²) in [7, 11) is 0. The molecular weight excluding hydrogens is 228 g/mol. The predicted molar refractivity (Wildman–Crippen MR) is 60.2 cm³/mol. The molecule has 2 rings (SSSR count). The van der Waals surface area contributed by atoms with E-state index in [0.29, 0.717) is 5.75 Å². The van der Waals surface area contributed by atoms with Crippen LogP contribution in [0.25, 0.3) is 0 Å². The number of hydrogen-bond acceptors (Lipinski definition) is 4. The number of carbonyl (C=O) groups is 1. The van der Waals surface area contributed by atoms with Gasteiger partial charge >= 0.3 is 5.97 Å². The maximum Gasteiger partial charge on any atom is 0.349 e. The normalized spacial score (nSPS) is 25.3. The molecule has 0 saturated heterocycles. The Bertz CT molecular complexity index is 374. The van der Waals surface area contributed by atoms with Gasteiger partial charge in [0, 0.05) is 0 Å². The smallest absolute Gasteiger partial charge is 0.349 e. The first-order valence-corrected chi connectivity index (χ1v) is 6.22.